The fraction of sp³-hybridized carbons (Fsp3) is 0.222. The summed E-state index contributed by atoms with van der Waals surface area (Å²) in [7, 11) is 0. The largest absolute Gasteiger partial charge is 0.505 e. The van der Waals surface area contributed by atoms with Crippen molar-refractivity contribution >= 4 is 0 Å². The van der Waals surface area contributed by atoms with Crippen LogP contribution in [0.4, 0.5) is 4.39 Å². The first-order valence-corrected chi connectivity index (χ1v) is 3.91. The quantitative estimate of drug-likeness (QED) is 0.734. The number of nitrogens with zero attached hydrogens (tertiary/aromatic N) is 1. The third kappa shape index (κ3) is 1.12. The zero-order chi connectivity index (χ0) is 10.1. The van der Waals surface area contributed by atoms with Gasteiger partial charge in [-0.25, -0.2) is 4.39 Å². The van der Waals surface area contributed by atoms with E-state index in [9.17, 15) is 9.50 Å². The number of hydrogen-bond acceptors (Lipinski definition) is 4. The highest BCUT2D eigenvalue weighted by atomic mass is 19.1. The third-order valence-corrected chi connectivity index (χ3v) is 1.93. The van der Waals surface area contributed by atoms with Crippen molar-refractivity contribution in [2.24, 2.45) is 0 Å². The zero-order valence-corrected chi connectivity index (χ0v) is 7.08. The molecule has 1 aromatic carbocycles. The number of hydrogen-bond donors (Lipinski definition) is 1. The summed E-state index contributed by atoms with van der Waals surface area (Å²) < 4.78 is 23.3. The first kappa shape index (κ1) is 8.63. The Morgan fingerprint density at radius 1 is 1.57 bits per heavy atom. The number of ether oxygens (including phenoxy) is 2. The average molecular weight is 195 g/mol. The molecule has 0 bridgehead atoms. The number of nitriles is 1. The molecule has 1 aromatic rings. The van der Waals surface area contributed by atoms with Gasteiger partial charge in [-0.05, 0) is 0 Å². The van der Waals surface area contributed by atoms with Gasteiger partial charge in [0.25, 0.3) is 0 Å². The molecule has 1 N–H and O–H groups in total. The zero-order valence-electron chi connectivity index (χ0n) is 7.08. The van der Waals surface area contributed by atoms with Crippen LogP contribution in [0.25, 0.3) is 0 Å². The Hall–Kier alpha value is -1.96. The van der Waals surface area contributed by atoms with E-state index in [-0.39, 0.29) is 30.3 Å². The average Bonchev–Trinajstić information content (AvgIpc) is 2.60. The van der Waals surface area contributed by atoms with Crippen molar-refractivity contribution in [3.8, 4) is 23.3 Å². The van der Waals surface area contributed by atoms with Crippen molar-refractivity contribution < 1.29 is 19.0 Å². The van der Waals surface area contributed by atoms with Crippen molar-refractivity contribution in [3.05, 3.63) is 17.4 Å². The Labute approximate surface area is 79.1 Å². The molecular formula is C9H6FNO3. The number of phenols is 1. The molecule has 14 heavy (non-hydrogen) atoms. The molecule has 0 fully saturated rings. The lowest BCUT2D eigenvalue weighted by atomic mass is 10.1. The molecule has 0 saturated heterocycles. The van der Waals surface area contributed by atoms with Gasteiger partial charge in [0.1, 0.15) is 0 Å². The Morgan fingerprint density at radius 2 is 2.36 bits per heavy atom. The van der Waals surface area contributed by atoms with Gasteiger partial charge in [-0.15, -0.1) is 0 Å². The number of fused-ring (bicyclic) bond motifs is 1. The maximum atomic E-state index is 13.3. The predicted molar refractivity (Wildman–Crippen MR) is 43.5 cm³/mol. The van der Waals surface area contributed by atoms with Gasteiger partial charge >= 0.3 is 0 Å². The van der Waals surface area contributed by atoms with E-state index in [2.05, 4.69) is 0 Å². The van der Waals surface area contributed by atoms with Crippen molar-refractivity contribution in [2.45, 2.75) is 6.42 Å². The molecule has 0 amide bonds. The maximum absolute atomic E-state index is 13.3. The predicted octanol–water partition coefficient (Wildman–Crippen LogP) is 1.33. The second-order valence-electron chi connectivity index (χ2n) is 2.76. The standard InChI is InChI=1S/C9H6FNO3/c10-8-5(1-2-11)9-7(3-6(8)12)13-4-14-9/h3,12H,1,4H2. The second-order valence-corrected chi connectivity index (χ2v) is 2.76. The molecular weight excluding hydrogens is 189 g/mol. The fourth-order valence-corrected chi connectivity index (χ4v) is 1.31. The highest BCUT2D eigenvalue weighted by Gasteiger charge is 2.24. The van der Waals surface area contributed by atoms with Crippen LogP contribution in [-0.2, 0) is 6.42 Å². The molecule has 5 heteroatoms. The Morgan fingerprint density at radius 3 is 3.07 bits per heavy atom. The van der Waals surface area contributed by atoms with Crippen LogP contribution in [0.3, 0.4) is 0 Å². The minimum atomic E-state index is -0.823. The summed E-state index contributed by atoms with van der Waals surface area (Å²) in [6, 6.07) is 2.93. The molecule has 2 rings (SSSR count). The van der Waals surface area contributed by atoms with Crippen LogP contribution in [0, 0.1) is 17.1 Å². The van der Waals surface area contributed by atoms with Crippen LogP contribution in [0.15, 0.2) is 6.07 Å². The SMILES string of the molecule is N#CCc1c(F)c(O)cc2c1OCO2. The van der Waals surface area contributed by atoms with E-state index in [4.69, 9.17) is 14.7 Å². The lowest BCUT2D eigenvalue weighted by Crippen LogP contribution is -1.95. The van der Waals surface area contributed by atoms with E-state index in [1.165, 1.54) is 0 Å². The Kier molecular flexibility index (Phi) is 1.89. The number of aromatic hydroxyl groups is 1. The number of halogens is 1. The van der Waals surface area contributed by atoms with Gasteiger partial charge in [0, 0.05) is 6.07 Å². The van der Waals surface area contributed by atoms with Gasteiger partial charge in [0.2, 0.25) is 6.79 Å². The highest BCUT2D eigenvalue weighted by molar-refractivity contribution is 5.54. The molecule has 72 valence electrons. The van der Waals surface area contributed by atoms with E-state index in [0.717, 1.165) is 6.07 Å². The van der Waals surface area contributed by atoms with Crippen LogP contribution in [-0.4, -0.2) is 11.9 Å². The van der Waals surface area contributed by atoms with Crippen molar-refractivity contribution in [3.63, 3.8) is 0 Å². The monoisotopic (exact) mass is 195 g/mol. The fourth-order valence-electron chi connectivity index (χ4n) is 1.31. The summed E-state index contributed by atoms with van der Waals surface area (Å²) >= 11 is 0. The first-order valence-electron chi connectivity index (χ1n) is 3.91. The van der Waals surface area contributed by atoms with Gasteiger partial charge in [0.15, 0.2) is 23.1 Å². The van der Waals surface area contributed by atoms with E-state index < -0.39 is 11.6 Å². The molecule has 1 heterocycles. The summed E-state index contributed by atoms with van der Waals surface area (Å²) in [5.74, 6) is -0.869. The van der Waals surface area contributed by atoms with Gasteiger partial charge in [-0.2, -0.15) is 5.26 Å². The maximum Gasteiger partial charge on any atom is 0.231 e. The van der Waals surface area contributed by atoms with Gasteiger partial charge in [-0.1, -0.05) is 0 Å². The minimum absolute atomic E-state index is 0.0172. The molecule has 1 aliphatic rings. The van der Waals surface area contributed by atoms with Gasteiger partial charge < -0.3 is 14.6 Å². The topological polar surface area (TPSA) is 62.5 Å². The number of benzene rings is 1. The molecule has 1 aliphatic heterocycles. The molecule has 0 saturated carbocycles. The first-order chi connectivity index (χ1) is 6.74. The van der Waals surface area contributed by atoms with E-state index in [0.29, 0.717) is 0 Å². The summed E-state index contributed by atoms with van der Waals surface area (Å²) in [5.41, 5.74) is 0.0417. The van der Waals surface area contributed by atoms with Crippen molar-refractivity contribution in [1.29, 1.82) is 5.26 Å². The molecule has 4 nitrogen and oxygen atoms in total. The van der Waals surface area contributed by atoms with Crippen LogP contribution in [0.5, 0.6) is 17.2 Å². The normalized spacial score (nSPS) is 12.6. The van der Waals surface area contributed by atoms with Crippen molar-refractivity contribution in [2.75, 3.05) is 6.79 Å². The number of phenolic OH excluding ortho intramolecular Hbond substituents is 1. The minimum Gasteiger partial charge on any atom is -0.505 e. The van der Waals surface area contributed by atoms with E-state index >= 15 is 0 Å². The molecule has 0 aliphatic carbocycles. The lowest BCUT2D eigenvalue weighted by Gasteiger charge is -2.04. The van der Waals surface area contributed by atoms with Crippen LogP contribution >= 0.6 is 0 Å². The summed E-state index contributed by atoms with van der Waals surface area (Å²) in [6.07, 6.45) is -0.161. The molecule has 0 unspecified atom stereocenters. The molecule has 0 radical (unpaired) electrons. The summed E-state index contributed by atoms with van der Waals surface area (Å²) in [6.45, 7) is -0.0172. The molecule has 0 aromatic heterocycles. The van der Waals surface area contributed by atoms with Crippen molar-refractivity contribution in [1.82, 2.24) is 0 Å². The molecule has 0 atom stereocenters. The number of rotatable bonds is 1. The van der Waals surface area contributed by atoms with Crippen LogP contribution < -0.4 is 9.47 Å². The van der Waals surface area contributed by atoms with E-state index in [1.54, 1.807) is 6.07 Å². The highest BCUT2D eigenvalue weighted by Crippen LogP contribution is 2.41. The second kappa shape index (κ2) is 3.07. The van der Waals surface area contributed by atoms with Crippen LogP contribution in [0.2, 0.25) is 0 Å². The van der Waals surface area contributed by atoms with Gasteiger partial charge in [0.05, 0.1) is 18.1 Å². The molecule has 0 spiro atoms. The summed E-state index contributed by atoms with van der Waals surface area (Å²) in [5, 5.41) is 17.6. The Bertz CT molecular complexity index is 425. The third-order valence-electron chi connectivity index (χ3n) is 1.93. The smallest absolute Gasteiger partial charge is 0.231 e. The van der Waals surface area contributed by atoms with Gasteiger partial charge in [-0.3, -0.25) is 0 Å². The summed E-state index contributed by atoms with van der Waals surface area (Å²) in [4.78, 5) is 0. The van der Waals surface area contributed by atoms with Crippen LogP contribution in [0.1, 0.15) is 5.56 Å². The van der Waals surface area contributed by atoms with E-state index in [1.807, 2.05) is 0 Å². The Balaban J connectivity index is 2.61. The lowest BCUT2D eigenvalue weighted by molar-refractivity contribution is 0.173.